The summed E-state index contributed by atoms with van der Waals surface area (Å²) in [5.41, 5.74) is 2.34. The molecular formula is C16H22N4. The Balaban J connectivity index is 1.95. The largest absolute Gasteiger partial charge is 0.225 e. The first-order chi connectivity index (χ1) is 9.83. The van der Waals surface area contributed by atoms with E-state index in [4.69, 9.17) is 0 Å². The van der Waals surface area contributed by atoms with Crippen LogP contribution in [0.1, 0.15) is 49.6 Å². The Kier molecular flexibility index (Phi) is 5.47. The summed E-state index contributed by atoms with van der Waals surface area (Å²) in [6.07, 6.45) is 7.74. The highest BCUT2D eigenvalue weighted by molar-refractivity contribution is 5.47. The highest BCUT2D eigenvalue weighted by atomic mass is 15.5. The number of tetrazole rings is 1. The number of nitrogens with zero attached hydrogens (tertiary/aromatic N) is 4. The van der Waals surface area contributed by atoms with Gasteiger partial charge in [0.1, 0.15) is 0 Å². The molecular weight excluding hydrogens is 248 g/mol. The first-order valence-electron chi connectivity index (χ1n) is 7.30. The molecule has 0 unspecified atom stereocenters. The predicted octanol–water partition coefficient (Wildman–Crippen LogP) is 3.49. The van der Waals surface area contributed by atoms with Crippen molar-refractivity contribution in [2.75, 3.05) is 0 Å². The second-order valence-electron chi connectivity index (χ2n) is 5.01. The van der Waals surface area contributed by atoms with Crippen LogP contribution in [0.25, 0.3) is 6.08 Å². The Morgan fingerprint density at radius 2 is 1.95 bits per heavy atom. The van der Waals surface area contributed by atoms with Crippen LogP contribution in [0.3, 0.4) is 0 Å². The van der Waals surface area contributed by atoms with Gasteiger partial charge >= 0.3 is 0 Å². The first-order valence-corrected chi connectivity index (χ1v) is 7.30. The molecule has 0 radical (unpaired) electrons. The fourth-order valence-electron chi connectivity index (χ4n) is 2.17. The molecule has 0 fully saturated rings. The lowest BCUT2D eigenvalue weighted by atomic mass is 10.1. The van der Waals surface area contributed by atoms with Crippen LogP contribution in [-0.4, -0.2) is 20.2 Å². The van der Waals surface area contributed by atoms with E-state index in [-0.39, 0.29) is 0 Å². The van der Waals surface area contributed by atoms with Crippen LogP contribution in [0.15, 0.2) is 30.8 Å². The van der Waals surface area contributed by atoms with Crippen molar-refractivity contribution in [1.29, 1.82) is 0 Å². The van der Waals surface area contributed by atoms with Gasteiger partial charge in [0.25, 0.3) is 0 Å². The Morgan fingerprint density at radius 3 is 2.65 bits per heavy atom. The van der Waals surface area contributed by atoms with E-state index in [0.717, 1.165) is 30.8 Å². The normalized spacial score (nSPS) is 10.7. The minimum Gasteiger partial charge on any atom is -0.225 e. The zero-order valence-electron chi connectivity index (χ0n) is 12.1. The average molecular weight is 270 g/mol. The van der Waals surface area contributed by atoms with Crippen LogP contribution in [0.4, 0.5) is 0 Å². The maximum absolute atomic E-state index is 4.13. The van der Waals surface area contributed by atoms with Crippen molar-refractivity contribution < 1.29 is 0 Å². The Bertz CT molecular complexity index is 528. The lowest BCUT2D eigenvalue weighted by Gasteiger charge is -2.05. The molecule has 0 N–H and O–H groups in total. The maximum atomic E-state index is 4.13. The van der Waals surface area contributed by atoms with Gasteiger partial charge in [-0.3, -0.25) is 0 Å². The Labute approximate surface area is 120 Å². The van der Waals surface area contributed by atoms with Gasteiger partial charge in [-0.2, -0.15) is 0 Å². The van der Waals surface area contributed by atoms with Crippen LogP contribution >= 0.6 is 0 Å². The summed E-state index contributed by atoms with van der Waals surface area (Å²) < 4.78 is 1.90. The highest BCUT2D eigenvalue weighted by Crippen LogP contribution is 2.09. The third-order valence-corrected chi connectivity index (χ3v) is 3.41. The number of benzene rings is 1. The Hall–Kier alpha value is -1.97. The van der Waals surface area contributed by atoms with Crippen LogP contribution in [0, 0.1) is 0 Å². The lowest BCUT2D eigenvalue weighted by molar-refractivity contribution is 0.589. The number of rotatable bonds is 8. The van der Waals surface area contributed by atoms with Gasteiger partial charge in [0.2, 0.25) is 0 Å². The molecule has 1 aromatic heterocycles. The van der Waals surface area contributed by atoms with E-state index >= 15 is 0 Å². The molecule has 0 aliphatic carbocycles. The maximum Gasteiger partial charge on any atom is 0.151 e. The van der Waals surface area contributed by atoms with E-state index in [9.17, 15) is 0 Å². The summed E-state index contributed by atoms with van der Waals surface area (Å²) in [5, 5.41) is 12.0. The van der Waals surface area contributed by atoms with Crippen LogP contribution in [-0.2, 0) is 13.0 Å². The molecule has 2 rings (SSSR count). The fourth-order valence-corrected chi connectivity index (χ4v) is 2.17. The van der Waals surface area contributed by atoms with Gasteiger partial charge < -0.3 is 0 Å². The molecule has 0 saturated heterocycles. The minimum absolute atomic E-state index is 0.730. The summed E-state index contributed by atoms with van der Waals surface area (Å²) in [4.78, 5) is 0. The van der Waals surface area contributed by atoms with Crippen molar-refractivity contribution in [3.63, 3.8) is 0 Å². The SMILES string of the molecule is C=Cc1ccc(Cn2nnnc2CCCCCC)cc1. The molecule has 0 spiro atoms. The number of unbranched alkanes of at least 4 members (excludes halogenated alkanes) is 3. The second-order valence-corrected chi connectivity index (χ2v) is 5.01. The molecule has 0 bridgehead atoms. The van der Waals surface area contributed by atoms with Crippen molar-refractivity contribution in [3.05, 3.63) is 47.8 Å². The molecule has 20 heavy (non-hydrogen) atoms. The topological polar surface area (TPSA) is 43.6 Å². The summed E-state index contributed by atoms with van der Waals surface area (Å²) in [7, 11) is 0. The molecule has 0 amide bonds. The molecule has 0 atom stereocenters. The molecule has 2 aromatic rings. The van der Waals surface area contributed by atoms with Gasteiger partial charge in [-0.1, -0.05) is 63.1 Å². The van der Waals surface area contributed by atoms with E-state index < -0.39 is 0 Å². The van der Waals surface area contributed by atoms with Crippen molar-refractivity contribution in [2.24, 2.45) is 0 Å². The van der Waals surface area contributed by atoms with Gasteiger partial charge in [0.05, 0.1) is 6.54 Å². The van der Waals surface area contributed by atoms with Gasteiger partial charge in [-0.05, 0) is 28.0 Å². The standard InChI is InChI=1S/C16H22N4/c1-3-5-6-7-8-16-17-18-19-20(16)13-15-11-9-14(4-2)10-12-15/h4,9-12H,2-3,5-8,13H2,1H3. The van der Waals surface area contributed by atoms with E-state index in [1.165, 1.54) is 24.8 Å². The fraction of sp³-hybridized carbons (Fsp3) is 0.438. The van der Waals surface area contributed by atoms with E-state index in [0.29, 0.717) is 0 Å². The zero-order chi connectivity index (χ0) is 14.2. The molecule has 4 nitrogen and oxygen atoms in total. The molecule has 0 aliphatic heterocycles. The first kappa shape index (κ1) is 14.4. The van der Waals surface area contributed by atoms with Gasteiger partial charge in [0, 0.05) is 6.42 Å². The van der Waals surface area contributed by atoms with E-state index in [1.54, 1.807) is 0 Å². The third kappa shape index (κ3) is 4.02. The predicted molar refractivity (Wildman–Crippen MR) is 81.3 cm³/mol. The summed E-state index contributed by atoms with van der Waals surface area (Å²) in [6.45, 7) is 6.71. The molecule has 1 aromatic carbocycles. The summed E-state index contributed by atoms with van der Waals surface area (Å²) in [5.74, 6) is 0.980. The number of aryl methyl sites for hydroxylation is 1. The molecule has 0 aliphatic rings. The molecule has 1 heterocycles. The molecule has 4 heteroatoms. The van der Waals surface area contributed by atoms with E-state index in [2.05, 4.69) is 53.3 Å². The van der Waals surface area contributed by atoms with Crippen molar-refractivity contribution >= 4 is 6.08 Å². The van der Waals surface area contributed by atoms with E-state index in [1.807, 2.05) is 10.8 Å². The Morgan fingerprint density at radius 1 is 1.15 bits per heavy atom. The van der Waals surface area contributed by atoms with Gasteiger partial charge in [0.15, 0.2) is 5.82 Å². The minimum atomic E-state index is 0.730. The monoisotopic (exact) mass is 270 g/mol. The second kappa shape index (κ2) is 7.58. The van der Waals surface area contributed by atoms with Crippen molar-refractivity contribution in [1.82, 2.24) is 20.2 Å². The highest BCUT2D eigenvalue weighted by Gasteiger charge is 2.06. The van der Waals surface area contributed by atoms with Crippen LogP contribution in [0.2, 0.25) is 0 Å². The van der Waals surface area contributed by atoms with Crippen molar-refractivity contribution in [3.8, 4) is 0 Å². The van der Waals surface area contributed by atoms with Crippen molar-refractivity contribution in [2.45, 2.75) is 45.6 Å². The third-order valence-electron chi connectivity index (χ3n) is 3.41. The number of aromatic nitrogens is 4. The average Bonchev–Trinajstić information content (AvgIpc) is 2.92. The molecule has 0 saturated carbocycles. The molecule has 106 valence electrons. The van der Waals surface area contributed by atoms with Crippen LogP contribution < -0.4 is 0 Å². The number of hydrogen-bond donors (Lipinski definition) is 0. The quantitative estimate of drug-likeness (QED) is 0.690. The zero-order valence-corrected chi connectivity index (χ0v) is 12.1. The number of hydrogen-bond acceptors (Lipinski definition) is 3. The summed E-state index contributed by atoms with van der Waals surface area (Å²) >= 11 is 0. The smallest absolute Gasteiger partial charge is 0.151 e. The summed E-state index contributed by atoms with van der Waals surface area (Å²) in [6, 6.07) is 8.32. The van der Waals surface area contributed by atoms with Gasteiger partial charge in [-0.15, -0.1) is 5.10 Å². The van der Waals surface area contributed by atoms with Crippen LogP contribution in [0.5, 0.6) is 0 Å². The van der Waals surface area contributed by atoms with Gasteiger partial charge in [-0.25, -0.2) is 4.68 Å². The lowest BCUT2D eigenvalue weighted by Crippen LogP contribution is -2.07.